The predicted octanol–water partition coefficient (Wildman–Crippen LogP) is 0.741. The van der Waals surface area contributed by atoms with E-state index in [0.29, 0.717) is 5.56 Å². The van der Waals surface area contributed by atoms with Gasteiger partial charge in [-0.25, -0.2) is 0 Å². The van der Waals surface area contributed by atoms with E-state index >= 15 is 0 Å². The zero-order valence-corrected chi connectivity index (χ0v) is 7.76. The van der Waals surface area contributed by atoms with Crippen LogP contribution in [-0.2, 0) is 0 Å². The van der Waals surface area contributed by atoms with Gasteiger partial charge in [0.1, 0.15) is 4.99 Å². The third kappa shape index (κ3) is 1.81. The smallest absolute Gasteiger partial charge is 0.200 e. The average Bonchev–Trinajstić information content (AvgIpc) is 2.09. The van der Waals surface area contributed by atoms with Crippen LogP contribution in [0.15, 0.2) is 12.1 Å². The number of phenolic OH excluding ortho intramolecular Hbond substituents is 2. The first-order chi connectivity index (χ1) is 6.06. The summed E-state index contributed by atoms with van der Waals surface area (Å²) in [5.41, 5.74) is 5.79. The maximum absolute atomic E-state index is 9.24. The highest BCUT2D eigenvalue weighted by Crippen LogP contribution is 2.36. The molecule has 1 aromatic carbocycles. The third-order valence-electron chi connectivity index (χ3n) is 1.56. The number of rotatable bonds is 2. The second-order valence-electron chi connectivity index (χ2n) is 2.41. The van der Waals surface area contributed by atoms with Crippen molar-refractivity contribution in [2.45, 2.75) is 0 Å². The predicted molar refractivity (Wildman–Crippen MR) is 52.2 cm³/mol. The van der Waals surface area contributed by atoms with Crippen LogP contribution in [0.2, 0.25) is 0 Å². The number of hydrogen-bond donors (Lipinski definition) is 3. The summed E-state index contributed by atoms with van der Waals surface area (Å²) < 4.78 is 4.79. The summed E-state index contributed by atoms with van der Waals surface area (Å²) in [6.45, 7) is 0. The molecule has 0 fully saturated rings. The van der Waals surface area contributed by atoms with E-state index < -0.39 is 0 Å². The number of benzene rings is 1. The molecule has 4 N–H and O–H groups in total. The Balaban J connectivity index is 3.30. The van der Waals surface area contributed by atoms with Gasteiger partial charge in [-0.15, -0.1) is 0 Å². The largest absolute Gasteiger partial charge is 0.504 e. The molecule has 0 unspecified atom stereocenters. The first-order valence-electron chi connectivity index (χ1n) is 3.46. The molecule has 5 heteroatoms. The van der Waals surface area contributed by atoms with E-state index in [4.69, 9.17) is 22.7 Å². The van der Waals surface area contributed by atoms with E-state index in [1.807, 2.05) is 0 Å². The topological polar surface area (TPSA) is 75.7 Å². The van der Waals surface area contributed by atoms with Crippen molar-refractivity contribution in [3.63, 3.8) is 0 Å². The number of nitrogens with two attached hydrogens (primary N) is 1. The van der Waals surface area contributed by atoms with Crippen molar-refractivity contribution < 1.29 is 14.9 Å². The molecule has 1 rings (SSSR count). The van der Waals surface area contributed by atoms with Crippen LogP contribution in [0.4, 0.5) is 0 Å². The van der Waals surface area contributed by atoms with Crippen LogP contribution in [0.25, 0.3) is 0 Å². The Morgan fingerprint density at radius 2 is 2.08 bits per heavy atom. The standard InChI is InChI=1S/C8H9NO3S/c1-12-6-3-4(8(9)13)2-5(10)7(6)11/h2-3,10-11H,1H3,(H2,9,13). The summed E-state index contributed by atoms with van der Waals surface area (Å²) in [7, 11) is 1.37. The van der Waals surface area contributed by atoms with Crippen LogP contribution in [0, 0.1) is 0 Å². The van der Waals surface area contributed by atoms with Crippen molar-refractivity contribution in [2.24, 2.45) is 5.73 Å². The molecule has 0 saturated carbocycles. The van der Waals surface area contributed by atoms with Crippen LogP contribution in [0.3, 0.4) is 0 Å². The third-order valence-corrected chi connectivity index (χ3v) is 1.79. The van der Waals surface area contributed by atoms with Gasteiger partial charge in [0, 0.05) is 5.56 Å². The highest BCUT2D eigenvalue weighted by atomic mass is 32.1. The number of ether oxygens (including phenoxy) is 1. The lowest BCUT2D eigenvalue weighted by Gasteiger charge is -2.07. The molecular weight excluding hydrogens is 190 g/mol. The Morgan fingerprint density at radius 3 is 2.54 bits per heavy atom. The minimum Gasteiger partial charge on any atom is -0.504 e. The van der Waals surface area contributed by atoms with Crippen LogP contribution in [-0.4, -0.2) is 22.3 Å². The maximum atomic E-state index is 9.24. The molecule has 0 aliphatic rings. The minimum atomic E-state index is -0.317. The molecule has 0 bridgehead atoms. The fourth-order valence-corrected chi connectivity index (χ4v) is 1.01. The average molecular weight is 199 g/mol. The molecule has 0 aromatic heterocycles. The summed E-state index contributed by atoms with van der Waals surface area (Å²) in [5.74, 6) is -0.479. The molecule has 0 heterocycles. The fourth-order valence-electron chi connectivity index (χ4n) is 0.891. The van der Waals surface area contributed by atoms with Crippen molar-refractivity contribution in [1.29, 1.82) is 0 Å². The van der Waals surface area contributed by atoms with Crippen LogP contribution in [0.5, 0.6) is 17.2 Å². The van der Waals surface area contributed by atoms with Gasteiger partial charge in [-0.2, -0.15) is 0 Å². The van der Waals surface area contributed by atoms with Gasteiger partial charge in [-0.3, -0.25) is 0 Å². The SMILES string of the molecule is COc1cc(C(N)=S)cc(O)c1O. The Labute approximate surface area is 80.6 Å². The molecule has 0 spiro atoms. The van der Waals surface area contributed by atoms with Crippen molar-refractivity contribution in [3.8, 4) is 17.2 Å². The monoisotopic (exact) mass is 199 g/mol. The summed E-state index contributed by atoms with van der Waals surface area (Å²) in [5, 5.41) is 18.5. The molecule has 70 valence electrons. The number of hydrogen-bond acceptors (Lipinski definition) is 4. The molecular formula is C8H9NO3S. The van der Waals surface area contributed by atoms with E-state index in [1.54, 1.807) is 0 Å². The van der Waals surface area contributed by atoms with Crippen molar-refractivity contribution in [1.82, 2.24) is 0 Å². The molecule has 4 nitrogen and oxygen atoms in total. The lowest BCUT2D eigenvalue weighted by Crippen LogP contribution is -2.09. The van der Waals surface area contributed by atoms with Gasteiger partial charge in [0.25, 0.3) is 0 Å². The summed E-state index contributed by atoms with van der Waals surface area (Å²) in [6.07, 6.45) is 0. The number of thiocarbonyl (C=S) groups is 1. The van der Waals surface area contributed by atoms with E-state index in [9.17, 15) is 10.2 Å². The summed E-state index contributed by atoms with van der Waals surface area (Å²) >= 11 is 4.70. The molecule has 1 aromatic rings. The summed E-state index contributed by atoms with van der Waals surface area (Å²) in [4.78, 5) is 0.133. The van der Waals surface area contributed by atoms with Gasteiger partial charge in [0.2, 0.25) is 5.75 Å². The van der Waals surface area contributed by atoms with Crippen molar-refractivity contribution in [2.75, 3.05) is 7.11 Å². The van der Waals surface area contributed by atoms with Crippen LogP contribution >= 0.6 is 12.2 Å². The van der Waals surface area contributed by atoms with Gasteiger partial charge in [0.05, 0.1) is 7.11 Å². The quantitative estimate of drug-likeness (QED) is 0.484. The van der Waals surface area contributed by atoms with Gasteiger partial charge in [-0.1, -0.05) is 12.2 Å². The van der Waals surface area contributed by atoms with Crippen molar-refractivity contribution in [3.05, 3.63) is 17.7 Å². The van der Waals surface area contributed by atoms with Gasteiger partial charge >= 0.3 is 0 Å². The first kappa shape index (κ1) is 9.60. The lowest BCUT2D eigenvalue weighted by atomic mass is 10.2. The molecule has 0 amide bonds. The molecule has 0 radical (unpaired) electrons. The zero-order valence-electron chi connectivity index (χ0n) is 6.94. The van der Waals surface area contributed by atoms with Crippen LogP contribution in [0.1, 0.15) is 5.56 Å². The van der Waals surface area contributed by atoms with E-state index in [1.165, 1.54) is 19.2 Å². The number of phenols is 2. The van der Waals surface area contributed by atoms with Gasteiger partial charge in [-0.05, 0) is 12.1 Å². The van der Waals surface area contributed by atoms with E-state index in [2.05, 4.69) is 0 Å². The molecule has 0 saturated heterocycles. The number of methoxy groups -OCH3 is 1. The second kappa shape index (κ2) is 3.49. The Hall–Kier alpha value is -1.49. The number of aromatic hydroxyl groups is 2. The summed E-state index contributed by atoms with van der Waals surface area (Å²) in [6, 6.07) is 2.73. The maximum Gasteiger partial charge on any atom is 0.200 e. The lowest BCUT2D eigenvalue weighted by molar-refractivity contribution is 0.351. The van der Waals surface area contributed by atoms with Gasteiger partial charge in [0.15, 0.2) is 11.5 Å². The second-order valence-corrected chi connectivity index (χ2v) is 2.85. The highest BCUT2D eigenvalue weighted by Gasteiger charge is 2.10. The van der Waals surface area contributed by atoms with Crippen LogP contribution < -0.4 is 10.5 Å². The van der Waals surface area contributed by atoms with E-state index in [-0.39, 0.29) is 22.2 Å². The molecule has 13 heavy (non-hydrogen) atoms. The first-order valence-corrected chi connectivity index (χ1v) is 3.87. The fraction of sp³-hybridized carbons (Fsp3) is 0.125. The van der Waals surface area contributed by atoms with Gasteiger partial charge < -0.3 is 20.7 Å². The Kier molecular flexibility index (Phi) is 2.57. The molecule has 0 aliphatic heterocycles. The molecule has 0 atom stereocenters. The van der Waals surface area contributed by atoms with E-state index in [0.717, 1.165) is 0 Å². The molecule has 0 aliphatic carbocycles. The van der Waals surface area contributed by atoms with Crippen molar-refractivity contribution >= 4 is 17.2 Å². The zero-order chi connectivity index (χ0) is 10.0. The highest BCUT2D eigenvalue weighted by molar-refractivity contribution is 7.80. The Morgan fingerprint density at radius 1 is 1.46 bits per heavy atom. The minimum absolute atomic E-state index is 0.133. The Bertz CT molecular complexity index is 351. The normalized spacial score (nSPS) is 9.62.